The summed E-state index contributed by atoms with van der Waals surface area (Å²) in [6.45, 7) is -0.250. The molecule has 0 aliphatic heterocycles. The Kier molecular flexibility index (Phi) is 6.53. The maximum atomic E-state index is 14.3. The van der Waals surface area contributed by atoms with E-state index in [1.54, 1.807) is 0 Å². The van der Waals surface area contributed by atoms with Gasteiger partial charge in [-0.3, -0.25) is 10.2 Å². The number of anilines is 2. The third-order valence-corrected chi connectivity index (χ3v) is 5.69. The molecule has 0 spiro atoms. The summed E-state index contributed by atoms with van der Waals surface area (Å²) in [6, 6.07) is 1.78. The minimum atomic E-state index is -1.00. The highest BCUT2D eigenvalue weighted by molar-refractivity contribution is 6.12. The topological polar surface area (TPSA) is 125 Å². The normalized spacial score (nSPS) is 22.0. The zero-order valence-electron chi connectivity index (χ0n) is 16.0. The molecule has 10 heteroatoms. The van der Waals surface area contributed by atoms with Gasteiger partial charge in [0.05, 0.1) is 11.9 Å². The molecule has 3 aliphatic rings. The van der Waals surface area contributed by atoms with E-state index in [9.17, 15) is 13.2 Å². The van der Waals surface area contributed by atoms with Gasteiger partial charge in [0.25, 0.3) is 6.47 Å². The van der Waals surface area contributed by atoms with Crippen LogP contribution in [0.1, 0.15) is 43.4 Å². The lowest BCUT2D eigenvalue weighted by molar-refractivity contribution is -0.122. The van der Waals surface area contributed by atoms with Crippen molar-refractivity contribution in [1.29, 1.82) is 5.41 Å². The Morgan fingerprint density at radius 1 is 1.20 bits per heavy atom. The van der Waals surface area contributed by atoms with E-state index in [0.29, 0.717) is 17.9 Å². The van der Waals surface area contributed by atoms with Crippen LogP contribution in [0.15, 0.2) is 18.3 Å². The van der Waals surface area contributed by atoms with Crippen LogP contribution in [-0.4, -0.2) is 33.3 Å². The molecule has 0 saturated heterocycles. The third-order valence-electron chi connectivity index (χ3n) is 5.69. The van der Waals surface area contributed by atoms with Gasteiger partial charge in [-0.15, -0.1) is 0 Å². The molecule has 7 nitrogen and oxygen atoms in total. The van der Waals surface area contributed by atoms with Gasteiger partial charge >= 0.3 is 0 Å². The van der Waals surface area contributed by atoms with Crippen molar-refractivity contribution in [2.75, 3.05) is 11.1 Å². The van der Waals surface area contributed by atoms with Gasteiger partial charge in [0.1, 0.15) is 17.3 Å². The minimum absolute atomic E-state index is 0.0865. The van der Waals surface area contributed by atoms with Crippen molar-refractivity contribution in [3.8, 4) is 0 Å². The first-order valence-corrected chi connectivity index (χ1v) is 9.54. The standard InChI is InChI=1S/C19H20F3N5.CH2O2/c20-11-6-12(18(24)25-8-11)16(23)17-13(21)7-14(22)19(27-17)26-15-5-9-1-3-10(15)4-2-9;2-1-3/h6-10,15,23H,1-5H2,(H2,24,25)(H,26,27);1H,(H,2,3). The van der Waals surface area contributed by atoms with Crippen molar-refractivity contribution in [2.45, 2.75) is 38.1 Å². The van der Waals surface area contributed by atoms with E-state index in [4.69, 9.17) is 21.0 Å². The summed E-state index contributed by atoms with van der Waals surface area (Å²) in [5.41, 5.74) is 4.76. The number of carboxylic acid groups (broad SMARTS) is 1. The highest BCUT2D eigenvalue weighted by Crippen LogP contribution is 2.42. The average molecular weight is 421 g/mol. The molecule has 2 bridgehead atoms. The summed E-state index contributed by atoms with van der Waals surface area (Å²) in [5.74, 6) is -1.64. The van der Waals surface area contributed by atoms with E-state index in [0.717, 1.165) is 31.5 Å². The van der Waals surface area contributed by atoms with Crippen LogP contribution in [0.2, 0.25) is 0 Å². The summed E-state index contributed by atoms with van der Waals surface area (Å²) in [7, 11) is 0. The van der Waals surface area contributed by atoms with Gasteiger partial charge in [0.15, 0.2) is 17.5 Å². The fourth-order valence-corrected chi connectivity index (χ4v) is 4.25. The van der Waals surface area contributed by atoms with Crippen LogP contribution in [0.3, 0.4) is 0 Å². The molecule has 0 radical (unpaired) electrons. The number of halogens is 3. The Labute approximate surface area is 171 Å². The number of nitrogens with two attached hydrogens (primary N) is 1. The van der Waals surface area contributed by atoms with E-state index in [1.165, 1.54) is 12.8 Å². The molecule has 2 aromatic rings. The number of fused-ring (bicyclic) bond motifs is 3. The summed E-state index contributed by atoms with van der Waals surface area (Å²) in [4.78, 5) is 16.0. The second kappa shape index (κ2) is 9.10. The predicted molar refractivity (Wildman–Crippen MR) is 105 cm³/mol. The molecule has 2 aromatic heterocycles. The van der Waals surface area contributed by atoms with Crippen LogP contribution in [0.25, 0.3) is 0 Å². The zero-order valence-corrected chi connectivity index (χ0v) is 16.0. The number of pyridine rings is 2. The lowest BCUT2D eigenvalue weighted by Crippen LogP contribution is -2.40. The van der Waals surface area contributed by atoms with Crippen LogP contribution in [0, 0.1) is 34.7 Å². The van der Waals surface area contributed by atoms with E-state index in [-0.39, 0.29) is 35.4 Å². The lowest BCUT2D eigenvalue weighted by Gasteiger charge is -2.42. The third kappa shape index (κ3) is 4.52. The molecule has 3 fully saturated rings. The van der Waals surface area contributed by atoms with E-state index >= 15 is 0 Å². The van der Waals surface area contributed by atoms with Gasteiger partial charge in [0, 0.05) is 17.7 Å². The molecule has 3 saturated carbocycles. The molecule has 3 aliphatic carbocycles. The summed E-state index contributed by atoms with van der Waals surface area (Å²) in [5, 5.41) is 18.2. The average Bonchev–Trinajstić information content (AvgIpc) is 2.73. The number of nitrogens with one attached hydrogen (secondary N) is 2. The molecule has 1 unspecified atom stereocenters. The fourth-order valence-electron chi connectivity index (χ4n) is 4.25. The Bertz CT molecular complexity index is 948. The molecule has 1 atom stereocenters. The van der Waals surface area contributed by atoms with Crippen LogP contribution < -0.4 is 11.1 Å². The van der Waals surface area contributed by atoms with Crippen molar-refractivity contribution in [3.05, 3.63) is 47.0 Å². The second-order valence-corrected chi connectivity index (χ2v) is 7.48. The molecule has 2 heterocycles. The smallest absolute Gasteiger partial charge is 0.290 e. The number of carbonyl (C=O) groups is 1. The Hall–Kier alpha value is -3.17. The van der Waals surface area contributed by atoms with Crippen molar-refractivity contribution < 1.29 is 23.1 Å². The van der Waals surface area contributed by atoms with Crippen LogP contribution >= 0.6 is 0 Å². The van der Waals surface area contributed by atoms with Crippen molar-refractivity contribution in [2.24, 2.45) is 11.8 Å². The Morgan fingerprint density at radius 2 is 1.87 bits per heavy atom. The maximum Gasteiger partial charge on any atom is 0.290 e. The Morgan fingerprint density at radius 3 is 2.47 bits per heavy atom. The molecule has 5 rings (SSSR count). The largest absolute Gasteiger partial charge is 0.483 e. The molecular formula is C20H22F3N5O2. The molecular weight excluding hydrogens is 399 g/mol. The minimum Gasteiger partial charge on any atom is -0.483 e. The number of hydrogen-bond donors (Lipinski definition) is 4. The molecule has 0 aromatic carbocycles. The lowest BCUT2D eigenvalue weighted by atomic mass is 9.68. The van der Waals surface area contributed by atoms with Gasteiger partial charge in [0.2, 0.25) is 0 Å². The van der Waals surface area contributed by atoms with Crippen LogP contribution in [-0.2, 0) is 4.79 Å². The van der Waals surface area contributed by atoms with E-state index in [2.05, 4.69) is 15.3 Å². The van der Waals surface area contributed by atoms with Gasteiger partial charge in [-0.2, -0.15) is 0 Å². The molecule has 5 N–H and O–H groups in total. The van der Waals surface area contributed by atoms with Crippen molar-refractivity contribution >= 4 is 23.8 Å². The van der Waals surface area contributed by atoms with E-state index < -0.39 is 23.2 Å². The number of rotatable bonds is 4. The van der Waals surface area contributed by atoms with Gasteiger partial charge in [-0.1, -0.05) is 12.8 Å². The first kappa shape index (κ1) is 21.5. The second-order valence-electron chi connectivity index (χ2n) is 7.48. The van der Waals surface area contributed by atoms with Gasteiger partial charge < -0.3 is 16.2 Å². The molecule has 30 heavy (non-hydrogen) atoms. The number of aromatic nitrogens is 2. The number of nitrogens with zero attached hydrogens (tertiary/aromatic N) is 2. The number of nitrogen functional groups attached to an aromatic ring is 1. The summed E-state index contributed by atoms with van der Waals surface area (Å²) in [6.07, 6.45) is 6.44. The van der Waals surface area contributed by atoms with Gasteiger partial charge in [-0.25, -0.2) is 23.1 Å². The number of hydrogen-bond acceptors (Lipinski definition) is 6. The molecule has 160 valence electrons. The first-order valence-electron chi connectivity index (χ1n) is 9.54. The summed E-state index contributed by atoms with van der Waals surface area (Å²) < 4.78 is 42.1. The fraction of sp³-hybridized carbons (Fsp3) is 0.400. The van der Waals surface area contributed by atoms with Gasteiger partial charge in [-0.05, 0) is 37.2 Å². The summed E-state index contributed by atoms with van der Waals surface area (Å²) >= 11 is 0. The van der Waals surface area contributed by atoms with Crippen molar-refractivity contribution in [3.63, 3.8) is 0 Å². The van der Waals surface area contributed by atoms with Crippen LogP contribution in [0.4, 0.5) is 24.8 Å². The Balaban J connectivity index is 0.000000806. The highest BCUT2D eigenvalue weighted by Gasteiger charge is 2.36. The zero-order chi connectivity index (χ0) is 21.8. The molecule has 0 amide bonds. The maximum absolute atomic E-state index is 14.3. The monoisotopic (exact) mass is 421 g/mol. The SMILES string of the molecule is N=C(c1cc(F)cnc1N)c1nc(NC2CC3CCC2CC3)c(F)cc1F.O=CO. The van der Waals surface area contributed by atoms with Crippen molar-refractivity contribution in [1.82, 2.24) is 9.97 Å². The highest BCUT2D eigenvalue weighted by atomic mass is 19.1. The first-order chi connectivity index (χ1) is 14.3. The van der Waals surface area contributed by atoms with Crippen LogP contribution in [0.5, 0.6) is 0 Å². The predicted octanol–water partition coefficient (Wildman–Crippen LogP) is 3.58. The quantitative estimate of drug-likeness (QED) is 0.442. The van der Waals surface area contributed by atoms with E-state index in [1.807, 2.05) is 0 Å².